The summed E-state index contributed by atoms with van der Waals surface area (Å²) >= 11 is 5.97. The van der Waals surface area contributed by atoms with Gasteiger partial charge in [-0.2, -0.15) is 0 Å². The lowest BCUT2D eigenvalue weighted by atomic mass is 9.95. The van der Waals surface area contributed by atoms with E-state index in [-0.39, 0.29) is 10.6 Å². The van der Waals surface area contributed by atoms with Crippen molar-refractivity contribution in [3.8, 4) is 0 Å². The Labute approximate surface area is 111 Å². The van der Waals surface area contributed by atoms with Gasteiger partial charge in [0, 0.05) is 10.6 Å². The Hall–Kier alpha value is -1.38. The van der Waals surface area contributed by atoms with Crippen LogP contribution in [-0.4, -0.2) is 5.11 Å². The van der Waals surface area contributed by atoms with E-state index in [0.717, 1.165) is 11.1 Å². The van der Waals surface area contributed by atoms with Crippen molar-refractivity contribution >= 4 is 11.6 Å². The minimum Gasteiger partial charge on any atom is -0.383 e. The van der Waals surface area contributed by atoms with Crippen molar-refractivity contribution < 1.29 is 9.50 Å². The van der Waals surface area contributed by atoms with E-state index >= 15 is 0 Å². The van der Waals surface area contributed by atoms with Crippen molar-refractivity contribution in [3.05, 3.63) is 69.5 Å². The Bertz CT molecular complexity index is 560. The molecule has 0 aliphatic carbocycles. The summed E-state index contributed by atoms with van der Waals surface area (Å²) in [5.41, 5.74) is 2.74. The van der Waals surface area contributed by atoms with Crippen LogP contribution in [0.5, 0.6) is 0 Å². The molecule has 0 spiro atoms. The second kappa shape index (κ2) is 5.09. The fraction of sp³-hybridized carbons (Fsp3) is 0.200. The monoisotopic (exact) mass is 264 g/mol. The molecule has 18 heavy (non-hydrogen) atoms. The molecular formula is C15H14ClFO. The van der Waals surface area contributed by atoms with E-state index in [0.29, 0.717) is 5.56 Å². The SMILES string of the molecule is Cc1ccc(C)c(C(O)c2c(F)cccc2Cl)c1. The summed E-state index contributed by atoms with van der Waals surface area (Å²) in [6.07, 6.45) is -1.04. The van der Waals surface area contributed by atoms with Crippen molar-refractivity contribution in [3.63, 3.8) is 0 Å². The zero-order valence-electron chi connectivity index (χ0n) is 10.2. The summed E-state index contributed by atoms with van der Waals surface area (Å²) in [5, 5.41) is 10.6. The van der Waals surface area contributed by atoms with Crippen LogP contribution in [0.15, 0.2) is 36.4 Å². The Kier molecular flexibility index (Phi) is 3.69. The van der Waals surface area contributed by atoms with Crippen molar-refractivity contribution in [2.45, 2.75) is 20.0 Å². The lowest BCUT2D eigenvalue weighted by Gasteiger charge is -2.16. The number of benzene rings is 2. The van der Waals surface area contributed by atoms with E-state index in [1.54, 1.807) is 6.07 Å². The van der Waals surface area contributed by atoms with E-state index in [9.17, 15) is 9.50 Å². The van der Waals surface area contributed by atoms with Crippen LogP contribution < -0.4 is 0 Å². The molecule has 1 atom stereocenters. The van der Waals surface area contributed by atoms with Crippen LogP contribution in [0, 0.1) is 19.7 Å². The fourth-order valence-electron chi connectivity index (χ4n) is 1.98. The summed E-state index contributed by atoms with van der Waals surface area (Å²) in [6.45, 7) is 3.81. The second-order valence-electron chi connectivity index (χ2n) is 4.40. The first-order chi connectivity index (χ1) is 8.50. The molecule has 0 heterocycles. The summed E-state index contributed by atoms with van der Waals surface area (Å²) in [6, 6.07) is 10.1. The van der Waals surface area contributed by atoms with Gasteiger partial charge in [-0.05, 0) is 37.1 Å². The number of aliphatic hydroxyl groups is 1. The maximum atomic E-state index is 13.8. The minimum absolute atomic E-state index is 0.132. The lowest BCUT2D eigenvalue weighted by Crippen LogP contribution is -2.05. The van der Waals surface area contributed by atoms with E-state index in [2.05, 4.69) is 0 Å². The molecule has 0 aliphatic heterocycles. The molecule has 2 aromatic rings. The summed E-state index contributed by atoms with van der Waals surface area (Å²) in [5.74, 6) is -0.490. The van der Waals surface area contributed by atoms with Crippen molar-refractivity contribution in [1.29, 1.82) is 0 Å². The molecule has 0 aliphatic rings. The topological polar surface area (TPSA) is 20.2 Å². The molecule has 3 heteroatoms. The molecule has 0 fully saturated rings. The highest BCUT2D eigenvalue weighted by Gasteiger charge is 2.19. The van der Waals surface area contributed by atoms with Crippen LogP contribution in [0.25, 0.3) is 0 Å². The van der Waals surface area contributed by atoms with Gasteiger partial charge in [-0.3, -0.25) is 0 Å². The van der Waals surface area contributed by atoms with E-state index < -0.39 is 11.9 Å². The first-order valence-electron chi connectivity index (χ1n) is 5.70. The molecule has 0 saturated heterocycles. The quantitative estimate of drug-likeness (QED) is 0.863. The Balaban J connectivity index is 2.54. The molecule has 1 nitrogen and oxygen atoms in total. The van der Waals surface area contributed by atoms with Gasteiger partial charge in [-0.1, -0.05) is 41.4 Å². The molecule has 0 saturated carbocycles. The average Bonchev–Trinajstić information content (AvgIpc) is 2.32. The van der Waals surface area contributed by atoms with Gasteiger partial charge in [-0.15, -0.1) is 0 Å². The highest BCUT2D eigenvalue weighted by Crippen LogP contribution is 2.32. The van der Waals surface area contributed by atoms with Crippen LogP contribution in [-0.2, 0) is 0 Å². The predicted molar refractivity (Wildman–Crippen MR) is 71.4 cm³/mol. The predicted octanol–water partition coefficient (Wildman–Crippen LogP) is 4.18. The zero-order valence-corrected chi connectivity index (χ0v) is 11.0. The first-order valence-corrected chi connectivity index (χ1v) is 6.07. The molecule has 0 amide bonds. The normalized spacial score (nSPS) is 12.5. The number of halogens is 2. The second-order valence-corrected chi connectivity index (χ2v) is 4.81. The third-order valence-electron chi connectivity index (χ3n) is 3.00. The van der Waals surface area contributed by atoms with Gasteiger partial charge in [0.15, 0.2) is 0 Å². The molecule has 0 radical (unpaired) electrons. The number of aliphatic hydroxyl groups excluding tert-OH is 1. The van der Waals surface area contributed by atoms with Gasteiger partial charge < -0.3 is 5.11 Å². The highest BCUT2D eigenvalue weighted by molar-refractivity contribution is 6.31. The number of rotatable bonds is 2. The Morgan fingerprint density at radius 2 is 1.89 bits per heavy atom. The standard InChI is InChI=1S/C15H14ClFO/c1-9-6-7-10(2)11(8-9)15(18)14-12(16)4-3-5-13(14)17/h3-8,15,18H,1-2H3. The number of hydrogen-bond acceptors (Lipinski definition) is 1. The lowest BCUT2D eigenvalue weighted by molar-refractivity contribution is 0.214. The zero-order chi connectivity index (χ0) is 13.3. The molecule has 0 bridgehead atoms. The van der Waals surface area contributed by atoms with Crippen LogP contribution in [0.4, 0.5) is 4.39 Å². The van der Waals surface area contributed by atoms with Gasteiger partial charge in [0.25, 0.3) is 0 Å². The minimum atomic E-state index is -1.04. The summed E-state index contributed by atoms with van der Waals surface area (Å²) < 4.78 is 13.8. The Morgan fingerprint density at radius 3 is 2.56 bits per heavy atom. The molecule has 1 N–H and O–H groups in total. The molecule has 94 valence electrons. The molecular weight excluding hydrogens is 251 g/mol. The van der Waals surface area contributed by atoms with Crippen molar-refractivity contribution in [2.75, 3.05) is 0 Å². The number of hydrogen-bond donors (Lipinski definition) is 1. The average molecular weight is 265 g/mol. The highest BCUT2D eigenvalue weighted by atomic mass is 35.5. The van der Waals surface area contributed by atoms with E-state index in [1.165, 1.54) is 12.1 Å². The van der Waals surface area contributed by atoms with E-state index in [1.807, 2.05) is 32.0 Å². The third kappa shape index (κ3) is 2.40. The maximum Gasteiger partial charge on any atom is 0.130 e. The molecule has 2 aromatic carbocycles. The molecule has 0 aromatic heterocycles. The Morgan fingerprint density at radius 1 is 1.17 bits per heavy atom. The summed E-state index contributed by atoms with van der Waals surface area (Å²) in [7, 11) is 0. The van der Waals surface area contributed by atoms with Gasteiger partial charge in [-0.25, -0.2) is 4.39 Å². The largest absolute Gasteiger partial charge is 0.383 e. The van der Waals surface area contributed by atoms with Gasteiger partial charge in [0.05, 0.1) is 0 Å². The van der Waals surface area contributed by atoms with Gasteiger partial charge >= 0.3 is 0 Å². The summed E-state index contributed by atoms with van der Waals surface area (Å²) in [4.78, 5) is 0. The van der Waals surface area contributed by atoms with Gasteiger partial charge in [0.2, 0.25) is 0 Å². The third-order valence-corrected chi connectivity index (χ3v) is 3.33. The first kappa shape index (κ1) is 13.1. The van der Waals surface area contributed by atoms with Crippen LogP contribution in [0.1, 0.15) is 28.4 Å². The number of aryl methyl sites for hydroxylation is 2. The van der Waals surface area contributed by atoms with Crippen molar-refractivity contribution in [2.24, 2.45) is 0 Å². The van der Waals surface area contributed by atoms with Crippen LogP contribution >= 0.6 is 11.6 Å². The van der Waals surface area contributed by atoms with Gasteiger partial charge in [0.1, 0.15) is 11.9 Å². The van der Waals surface area contributed by atoms with Crippen LogP contribution in [0.3, 0.4) is 0 Å². The van der Waals surface area contributed by atoms with E-state index in [4.69, 9.17) is 11.6 Å². The van der Waals surface area contributed by atoms with Crippen LogP contribution in [0.2, 0.25) is 5.02 Å². The molecule has 2 rings (SSSR count). The maximum absolute atomic E-state index is 13.8. The fourth-order valence-corrected chi connectivity index (χ4v) is 2.25. The molecule has 1 unspecified atom stereocenters. The smallest absolute Gasteiger partial charge is 0.130 e. The van der Waals surface area contributed by atoms with Crippen molar-refractivity contribution in [1.82, 2.24) is 0 Å².